The first-order valence-corrected chi connectivity index (χ1v) is 21.3. The second-order valence-electron chi connectivity index (χ2n) is 14.4. The van der Waals surface area contributed by atoms with Gasteiger partial charge in [-0.2, -0.15) is 10.5 Å². The predicted molar refractivity (Wildman–Crippen MR) is 220 cm³/mol. The summed E-state index contributed by atoms with van der Waals surface area (Å²) in [6.45, 7) is 4.92. The van der Waals surface area contributed by atoms with Crippen molar-refractivity contribution >= 4 is 93.6 Å². The Morgan fingerprint density at radius 2 is 1.00 bits per heavy atom. The predicted octanol–water partition coefficient (Wildman–Crippen LogP) is 10.8. The zero-order valence-corrected chi connectivity index (χ0v) is 30.2. The smallest absolute Gasteiger partial charge is 0.113 e. The van der Waals surface area contributed by atoms with Crippen LogP contribution in [0.15, 0.2) is 133 Å². The van der Waals surface area contributed by atoms with Crippen molar-refractivity contribution in [3.05, 3.63) is 145 Å². The molecule has 0 saturated heterocycles. The molecule has 1 aliphatic rings. The molecule has 0 spiro atoms. The largest absolute Gasteiger partial charge is 0.309 e. The molecule has 0 bridgehead atoms. The number of nitrogens with zero attached hydrogens (tertiary/aromatic N) is 4. The minimum absolute atomic E-state index is 0.607. The van der Waals surface area contributed by atoms with Crippen molar-refractivity contribution in [1.29, 1.82) is 10.5 Å². The molecule has 0 N–H and O–H groups in total. The summed E-state index contributed by atoms with van der Waals surface area (Å²) < 4.78 is 7.36. The van der Waals surface area contributed by atoms with E-state index in [4.69, 9.17) is 0 Å². The normalized spacial score (nSPS) is 13.3. The Morgan fingerprint density at radius 3 is 1.63 bits per heavy atom. The third-order valence-corrected chi connectivity index (χ3v) is 16.1. The van der Waals surface area contributed by atoms with Gasteiger partial charge in [0.15, 0.2) is 0 Å². The SMILES string of the molecule is C[Si]1(C)c2ccc(-n3c4ccc(C#N)cc4c4cc(C#N)ccc43)cc2-c2cc(-n3c4ccccc4c4cc5c(cc43)sc3ccccc35)ccc21. The number of benzene rings is 7. The van der Waals surface area contributed by atoms with Gasteiger partial charge in [-0.05, 0) is 106 Å². The van der Waals surface area contributed by atoms with Gasteiger partial charge in [0.05, 0.1) is 45.3 Å². The molecule has 4 nitrogen and oxygen atoms in total. The van der Waals surface area contributed by atoms with Crippen molar-refractivity contribution in [3.8, 4) is 34.6 Å². The zero-order valence-electron chi connectivity index (χ0n) is 28.4. The maximum atomic E-state index is 9.72. The molecule has 10 aromatic rings. The van der Waals surface area contributed by atoms with Gasteiger partial charge in [0.1, 0.15) is 8.07 Å². The second-order valence-corrected chi connectivity index (χ2v) is 19.8. The van der Waals surface area contributed by atoms with Crippen LogP contribution in [0.5, 0.6) is 0 Å². The lowest BCUT2D eigenvalue weighted by Crippen LogP contribution is -2.49. The molecule has 0 saturated carbocycles. The summed E-state index contributed by atoms with van der Waals surface area (Å²) in [7, 11) is -1.98. The molecule has 0 amide bonds. The highest BCUT2D eigenvalue weighted by atomic mass is 32.1. The zero-order chi connectivity index (χ0) is 34.9. The Labute approximate surface area is 304 Å². The minimum Gasteiger partial charge on any atom is -0.309 e. The lowest BCUT2D eigenvalue weighted by Gasteiger charge is -2.19. The molecule has 0 atom stereocenters. The van der Waals surface area contributed by atoms with Crippen molar-refractivity contribution < 1.29 is 0 Å². The highest BCUT2D eigenvalue weighted by Gasteiger charge is 2.38. The number of nitriles is 2. The summed E-state index contributed by atoms with van der Waals surface area (Å²) in [5.74, 6) is 0. The summed E-state index contributed by atoms with van der Waals surface area (Å²) in [6.07, 6.45) is 0. The number of para-hydroxylation sites is 1. The summed E-state index contributed by atoms with van der Waals surface area (Å²) in [6, 6.07) is 52.7. The Morgan fingerprint density at radius 1 is 0.462 bits per heavy atom. The quantitative estimate of drug-likeness (QED) is 0.169. The molecule has 7 aromatic carbocycles. The standard InChI is InChI=1S/C46H28N4SSi/c1-52(2)45-17-13-29(49-40-15-11-27(25-47)19-33(40)34-20-28(26-48)12-16-41(34)49)21-37(45)38-22-30(14-18-46(38)52)50-39-9-5-3-7-31(39)35-23-36-32-8-4-6-10-43(32)51-44(36)24-42(35)50/h3-24H,1-2H3. The Kier molecular flexibility index (Phi) is 5.81. The first-order valence-electron chi connectivity index (χ1n) is 17.5. The van der Waals surface area contributed by atoms with E-state index in [1.54, 1.807) is 0 Å². The van der Waals surface area contributed by atoms with Gasteiger partial charge in [-0.3, -0.25) is 0 Å². The third kappa shape index (κ3) is 3.83. The van der Waals surface area contributed by atoms with Gasteiger partial charge in [-0.15, -0.1) is 11.3 Å². The van der Waals surface area contributed by atoms with Crippen molar-refractivity contribution in [2.24, 2.45) is 0 Å². The Hall–Kier alpha value is -6.44. The molecule has 242 valence electrons. The maximum Gasteiger partial charge on any atom is 0.113 e. The van der Waals surface area contributed by atoms with Crippen LogP contribution in [0, 0.1) is 22.7 Å². The summed E-state index contributed by atoms with van der Waals surface area (Å²) in [5.41, 5.74) is 10.5. The number of thiophene rings is 1. The van der Waals surface area contributed by atoms with Crippen LogP contribution in [0.4, 0.5) is 0 Å². The number of fused-ring (bicyclic) bond motifs is 12. The molecule has 4 heterocycles. The number of aromatic nitrogens is 2. The summed E-state index contributed by atoms with van der Waals surface area (Å²) in [4.78, 5) is 0. The van der Waals surface area contributed by atoms with Gasteiger partial charge in [-0.1, -0.05) is 61.6 Å². The highest BCUT2D eigenvalue weighted by Crippen LogP contribution is 2.42. The minimum atomic E-state index is -1.98. The van der Waals surface area contributed by atoms with Gasteiger partial charge >= 0.3 is 0 Å². The van der Waals surface area contributed by atoms with Gasteiger partial charge in [-0.25, -0.2) is 0 Å². The lowest BCUT2D eigenvalue weighted by molar-refractivity contribution is 1.18. The first-order chi connectivity index (χ1) is 25.4. The van der Waals surface area contributed by atoms with Crippen molar-refractivity contribution in [2.75, 3.05) is 0 Å². The van der Waals surface area contributed by atoms with E-state index < -0.39 is 8.07 Å². The van der Waals surface area contributed by atoms with Crippen molar-refractivity contribution in [3.63, 3.8) is 0 Å². The van der Waals surface area contributed by atoms with Crippen molar-refractivity contribution in [2.45, 2.75) is 13.1 Å². The van der Waals surface area contributed by atoms with Crippen LogP contribution in [0.2, 0.25) is 13.1 Å². The van der Waals surface area contributed by atoms with E-state index in [0.29, 0.717) is 11.1 Å². The second kappa shape index (κ2) is 10.3. The fourth-order valence-electron chi connectivity index (χ4n) is 8.93. The topological polar surface area (TPSA) is 57.4 Å². The molecule has 0 unspecified atom stereocenters. The van der Waals surface area contributed by atoms with E-state index in [1.807, 2.05) is 47.7 Å². The van der Waals surface area contributed by atoms with Crippen LogP contribution in [-0.4, -0.2) is 17.2 Å². The maximum absolute atomic E-state index is 9.72. The van der Waals surface area contributed by atoms with Gasteiger partial charge in [0, 0.05) is 53.1 Å². The van der Waals surface area contributed by atoms with Gasteiger partial charge in [0.25, 0.3) is 0 Å². The van der Waals surface area contributed by atoms with Crippen LogP contribution >= 0.6 is 11.3 Å². The van der Waals surface area contributed by atoms with Crippen LogP contribution in [-0.2, 0) is 0 Å². The number of hydrogen-bond donors (Lipinski definition) is 0. The fourth-order valence-corrected chi connectivity index (χ4v) is 13.1. The average Bonchev–Trinajstić information content (AvgIpc) is 3.87. The molecule has 6 heteroatoms. The molecular formula is C46H28N4SSi. The Bertz CT molecular complexity index is 3240. The molecule has 1 aliphatic heterocycles. The molecule has 0 fully saturated rings. The van der Waals surface area contributed by atoms with Crippen LogP contribution in [0.1, 0.15) is 11.1 Å². The van der Waals surface area contributed by atoms with E-state index in [1.165, 1.54) is 69.2 Å². The van der Waals surface area contributed by atoms with E-state index >= 15 is 0 Å². The van der Waals surface area contributed by atoms with Gasteiger partial charge in [0.2, 0.25) is 0 Å². The van der Waals surface area contributed by atoms with E-state index in [0.717, 1.165) is 27.5 Å². The first kappa shape index (κ1) is 29.3. The monoisotopic (exact) mass is 696 g/mol. The molecule has 0 aliphatic carbocycles. The summed E-state index contributed by atoms with van der Waals surface area (Å²) in [5, 5.41) is 29.5. The molecule has 52 heavy (non-hydrogen) atoms. The number of hydrogen-bond acceptors (Lipinski definition) is 3. The van der Waals surface area contributed by atoms with Gasteiger partial charge < -0.3 is 9.13 Å². The highest BCUT2D eigenvalue weighted by molar-refractivity contribution is 7.25. The Balaban J connectivity index is 1.15. The van der Waals surface area contributed by atoms with Crippen LogP contribution < -0.4 is 10.4 Å². The average molecular weight is 697 g/mol. The van der Waals surface area contributed by atoms with E-state index in [2.05, 4.69) is 131 Å². The fraction of sp³-hybridized carbons (Fsp3) is 0.0435. The van der Waals surface area contributed by atoms with Crippen LogP contribution in [0.3, 0.4) is 0 Å². The molecular weight excluding hydrogens is 669 g/mol. The van der Waals surface area contributed by atoms with Crippen molar-refractivity contribution in [1.82, 2.24) is 9.13 Å². The van der Waals surface area contributed by atoms with E-state index in [9.17, 15) is 10.5 Å². The number of rotatable bonds is 2. The molecule has 11 rings (SSSR count). The lowest BCUT2D eigenvalue weighted by atomic mass is 10.0. The summed E-state index contributed by atoms with van der Waals surface area (Å²) >= 11 is 1.86. The van der Waals surface area contributed by atoms with Crippen LogP contribution in [0.25, 0.3) is 86.3 Å². The molecule has 0 radical (unpaired) electrons. The third-order valence-electron chi connectivity index (χ3n) is 11.4. The molecule has 3 aromatic heterocycles. The van der Waals surface area contributed by atoms with E-state index in [-0.39, 0.29) is 0 Å².